The van der Waals surface area contributed by atoms with Crippen molar-refractivity contribution in [2.75, 3.05) is 0 Å². The Morgan fingerprint density at radius 1 is 1.04 bits per heavy atom. The Morgan fingerprint density at radius 3 is 2.44 bits per heavy atom. The number of hydrogen-bond acceptors (Lipinski definition) is 5. The molecule has 122 valence electrons. The highest BCUT2D eigenvalue weighted by Gasteiger charge is 2.14. The van der Waals surface area contributed by atoms with E-state index in [1.165, 1.54) is 16.5 Å². The molecule has 2 aromatic carbocycles. The number of rotatable bonds is 3. The first-order valence-electron chi connectivity index (χ1n) is 7.42. The first kappa shape index (κ1) is 14.8. The summed E-state index contributed by atoms with van der Waals surface area (Å²) in [5, 5.41) is 19.1. The van der Waals surface area contributed by atoms with E-state index in [0.29, 0.717) is 22.5 Å². The zero-order valence-corrected chi connectivity index (χ0v) is 12.8. The minimum absolute atomic E-state index is 0.0287. The largest absolute Gasteiger partial charge is 0.319 e. The number of imidazole rings is 1. The standard InChI is InChI=1S/C17H11N5O3/c23-16-14(10-11-4-2-1-3-5-11)18-17-20-19-15(21(16)17)12-6-8-13(9-7-12)22(24)25/h1-10H,(H,18,20). The lowest BCUT2D eigenvalue weighted by atomic mass is 10.2. The summed E-state index contributed by atoms with van der Waals surface area (Å²) in [6, 6.07) is 15.3. The van der Waals surface area contributed by atoms with Gasteiger partial charge in [-0.3, -0.25) is 14.9 Å². The maximum atomic E-state index is 12.7. The Labute approximate surface area is 140 Å². The van der Waals surface area contributed by atoms with Crippen LogP contribution in [0.5, 0.6) is 0 Å². The number of aromatic nitrogens is 4. The second-order valence-electron chi connectivity index (χ2n) is 5.39. The van der Waals surface area contributed by atoms with Gasteiger partial charge in [0.15, 0.2) is 5.82 Å². The summed E-state index contributed by atoms with van der Waals surface area (Å²) in [5.41, 5.74) is 1.14. The van der Waals surface area contributed by atoms with E-state index in [1.54, 1.807) is 18.2 Å². The van der Waals surface area contributed by atoms with Crippen LogP contribution < -0.4 is 10.9 Å². The molecule has 0 unspecified atom stereocenters. The molecule has 4 aromatic rings. The average Bonchev–Trinajstić information content (AvgIpc) is 3.17. The molecule has 0 bridgehead atoms. The molecule has 0 saturated heterocycles. The lowest BCUT2D eigenvalue weighted by molar-refractivity contribution is -0.384. The van der Waals surface area contributed by atoms with Crippen molar-refractivity contribution in [1.29, 1.82) is 0 Å². The van der Waals surface area contributed by atoms with Gasteiger partial charge in [-0.2, -0.15) is 0 Å². The molecule has 0 fully saturated rings. The van der Waals surface area contributed by atoms with Crippen LogP contribution in [0.2, 0.25) is 0 Å². The summed E-state index contributed by atoms with van der Waals surface area (Å²) < 4.78 is 1.36. The molecule has 0 aliphatic heterocycles. The predicted molar refractivity (Wildman–Crippen MR) is 90.9 cm³/mol. The van der Waals surface area contributed by atoms with Crippen molar-refractivity contribution in [3.8, 4) is 11.4 Å². The van der Waals surface area contributed by atoms with Crippen LogP contribution in [0.4, 0.5) is 5.69 Å². The molecule has 1 N–H and O–H groups in total. The van der Waals surface area contributed by atoms with Crippen LogP contribution in [-0.4, -0.2) is 24.5 Å². The predicted octanol–water partition coefficient (Wildman–Crippen LogP) is 1.54. The SMILES string of the molecule is O=c1c(=Cc2ccccc2)[nH]c2nnc(-c3ccc([N+](=O)[O-])cc3)n12. The fraction of sp³-hybridized carbons (Fsp3) is 0. The summed E-state index contributed by atoms with van der Waals surface area (Å²) in [5.74, 6) is 0.652. The van der Waals surface area contributed by atoms with Crippen LogP contribution in [0, 0.1) is 10.1 Å². The Hall–Kier alpha value is -3.81. The number of nitrogens with zero attached hydrogens (tertiary/aromatic N) is 4. The van der Waals surface area contributed by atoms with E-state index in [1.807, 2.05) is 30.3 Å². The van der Waals surface area contributed by atoms with E-state index in [4.69, 9.17) is 0 Å². The van der Waals surface area contributed by atoms with E-state index >= 15 is 0 Å². The van der Waals surface area contributed by atoms with Crippen molar-refractivity contribution in [3.05, 3.63) is 86.0 Å². The van der Waals surface area contributed by atoms with Gasteiger partial charge in [0.25, 0.3) is 11.2 Å². The molecule has 8 nitrogen and oxygen atoms in total. The number of non-ortho nitro benzene ring substituents is 1. The highest BCUT2D eigenvalue weighted by Crippen LogP contribution is 2.20. The highest BCUT2D eigenvalue weighted by molar-refractivity contribution is 5.60. The Bertz CT molecular complexity index is 1180. The van der Waals surface area contributed by atoms with Crippen molar-refractivity contribution >= 4 is 17.5 Å². The van der Waals surface area contributed by atoms with Crippen LogP contribution in [0.1, 0.15) is 5.56 Å². The summed E-state index contributed by atoms with van der Waals surface area (Å²) in [7, 11) is 0. The molecule has 0 spiro atoms. The molecule has 0 saturated carbocycles. The van der Waals surface area contributed by atoms with Crippen LogP contribution in [0.3, 0.4) is 0 Å². The summed E-state index contributed by atoms with van der Waals surface area (Å²) in [6.45, 7) is 0. The first-order chi connectivity index (χ1) is 12.1. The molecule has 2 aromatic heterocycles. The monoisotopic (exact) mass is 333 g/mol. The van der Waals surface area contributed by atoms with E-state index in [0.717, 1.165) is 5.56 Å². The van der Waals surface area contributed by atoms with Crippen molar-refractivity contribution in [3.63, 3.8) is 0 Å². The number of aromatic amines is 1. The lowest BCUT2D eigenvalue weighted by Crippen LogP contribution is -2.26. The topological polar surface area (TPSA) is 106 Å². The smallest absolute Gasteiger partial charge is 0.283 e. The van der Waals surface area contributed by atoms with Gasteiger partial charge in [0.1, 0.15) is 5.35 Å². The Balaban J connectivity index is 1.86. The van der Waals surface area contributed by atoms with E-state index in [9.17, 15) is 14.9 Å². The quantitative estimate of drug-likeness (QED) is 0.452. The molecular weight excluding hydrogens is 322 g/mol. The fourth-order valence-corrected chi connectivity index (χ4v) is 2.58. The number of nitro groups is 1. The van der Waals surface area contributed by atoms with Gasteiger partial charge in [-0.1, -0.05) is 30.3 Å². The Kier molecular flexibility index (Phi) is 3.35. The minimum Gasteiger partial charge on any atom is -0.319 e. The van der Waals surface area contributed by atoms with Crippen LogP contribution in [0.25, 0.3) is 23.2 Å². The van der Waals surface area contributed by atoms with Crippen LogP contribution >= 0.6 is 0 Å². The first-order valence-corrected chi connectivity index (χ1v) is 7.42. The molecule has 0 aliphatic carbocycles. The molecule has 0 radical (unpaired) electrons. The second-order valence-corrected chi connectivity index (χ2v) is 5.39. The fourth-order valence-electron chi connectivity index (χ4n) is 2.58. The minimum atomic E-state index is -0.481. The number of benzene rings is 2. The summed E-state index contributed by atoms with van der Waals surface area (Å²) in [6.07, 6.45) is 1.73. The number of nitrogens with one attached hydrogen (secondary N) is 1. The van der Waals surface area contributed by atoms with Gasteiger partial charge < -0.3 is 4.98 Å². The molecular formula is C17H11N5O3. The normalized spacial score (nSPS) is 11.9. The molecule has 8 heteroatoms. The lowest BCUT2D eigenvalue weighted by Gasteiger charge is -1.96. The van der Waals surface area contributed by atoms with Gasteiger partial charge in [0.2, 0.25) is 5.78 Å². The molecule has 0 aliphatic rings. The molecule has 0 amide bonds. The number of fused-ring (bicyclic) bond motifs is 1. The third-order valence-corrected chi connectivity index (χ3v) is 3.79. The van der Waals surface area contributed by atoms with Crippen molar-refractivity contribution in [1.82, 2.24) is 19.6 Å². The van der Waals surface area contributed by atoms with E-state index < -0.39 is 4.92 Å². The van der Waals surface area contributed by atoms with Crippen molar-refractivity contribution < 1.29 is 4.92 Å². The van der Waals surface area contributed by atoms with Gasteiger partial charge in [0, 0.05) is 17.7 Å². The van der Waals surface area contributed by atoms with Crippen molar-refractivity contribution in [2.24, 2.45) is 0 Å². The molecule has 0 atom stereocenters. The summed E-state index contributed by atoms with van der Waals surface area (Å²) in [4.78, 5) is 25.9. The van der Waals surface area contributed by atoms with Crippen LogP contribution in [-0.2, 0) is 0 Å². The van der Waals surface area contributed by atoms with Crippen LogP contribution in [0.15, 0.2) is 59.4 Å². The second kappa shape index (κ2) is 5.68. The van der Waals surface area contributed by atoms with E-state index in [-0.39, 0.29) is 11.2 Å². The highest BCUT2D eigenvalue weighted by atomic mass is 16.6. The zero-order chi connectivity index (χ0) is 17.4. The number of hydrogen-bond donors (Lipinski definition) is 1. The van der Waals surface area contributed by atoms with Gasteiger partial charge in [-0.25, -0.2) is 4.40 Å². The third kappa shape index (κ3) is 2.55. The Morgan fingerprint density at radius 2 is 1.76 bits per heavy atom. The van der Waals surface area contributed by atoms with Gasteiger partial charge in [0.05, 0.1) is 4.92 Å². The average molecular weight is 333 g/mol. The van der Waals surface area contributed by atoms with Gasteiger partial charge >= 0.3 is 0 Å². The number of nitro benzene ring substituents is 1. The van der Waals surface area contributed by atoms with Crippen molar-refractivity contribution in [2.45, 2.75) is 0 Å². The van der Waals surface area contributed by atoms with Gasteiger partial charge in [-0.05, 0) is 23.8 Å². The third-order valence-electron chi connectivity index (χ3n) is 3.79. The van der Waals surface area contributed by atoms with Gasteiger partial charge in [-0.15, -0.1) is 10.2 Å². The molecule has 4 rings (SSSR count). The maximum Gasteiger partial charge on any atom is 0.283 e. The molecule has 2 heterocycles. The molecule has 25 heavy (non-hydrogen) atoms. The zero-order valence-electron chi connectivity index (χ0n) is 12.8. The maximum absolute atomic E-state index is 12.7. The van der Waals surface area contributed by atoms with E-state index in [2.05, 4.69) is 15.2 Å². The number of H-pyrrole nitrogens is 1. The summed E-state index contributed by atoms with van der Waals surface area (Å²) >= 11 is 0.